The number of rotatable bonds is 4. The molecule has 1 aliphatic heterocycles. The molecule has 0 radical (unpaired) electrons. The molecule has 0 bridgehead atoms. The van der Waals surface area contributed by atoms with Gasteiger partial charge in [0.15, 0.2) is 5.13 Å². The highest BCUT2D eigenvalue weighted by Crippen LogP contribution is 2.30. The topological polar surface area (TPSA) is 51.2 Å². The second-order valence-electron chi connectivity index (χ2n) is 6.61. The fraction of sp³-hybridized carbons (Fsp3) is 0.0909. The molecule has 0 unspecified atom stereocenters. The molecule has 152 valence electrons. The number of aromatic nitrogens is 1. The van der Waals surface area contributed by atoms with Crippen molar-refractivity contribution in [2.45, 2.75) is 13.3 Å². The van der Waals surface area contributed by atoms with E-state index >= 15 is 0 Å². The summed E-state index contributed by atoms with van der Waals surface area (Å²) in [6.45, 7) is 1.93. The summed E-state index contributed by atoms with van der Waals surface area (Å²) < 4.78 is 6.40. The number of halogens is 3. The number of carbonyl (C=O) groups excluding carboxylic acids is 1. The lowest BCUT2D eigenvalue weighted by Crippen LogP contribution is -2.12. The van der Waals surface area contributed by atoms with E-state index < -0.39 is 0 Å². The number of carbonyl (C=O) groups is 1. The number of thiazole rings is 1. The lowest BCUT2D eigenvalue weighted by Gasteiger charge is -2.04. The van der Waals surface area contributed by atoms with Gasteiger partial charge in [-0.2, -0.15) is 0 Å². The second-order valence-corrected chi connectivity index (χ2v) is 9.39. The Hall–Kier alpha value is -2.12. The highest BCUT2D eigenvalue weighted by molar-refractivity contribution is 9.10. The van der Waals surface area contributed by atoms with Crippen molar-refractivity contribution in [1.29, 1.82) is 0 Å². The molecular formula is C22H15BrCl2N2O2S. The van der Waals surface area contributed by atoms with E-state index in [9.17, 15) is 4.79 Å². The minimum Gasteiger partial charge on any atom is -0.464 e. The molecule has 4 rings (SSSR count). The maximum atomic E-state index is 12.8. The van der Waals surface area contributed by atoms with Gasteiger partial charge in [-0.1, -0.05) is 29.3 Å². The molecular weight excluding hydrogens is 507 g/mol. The molecule has 3 aromatic rings. The molecule has 30 heavy (non-hydrogen) atoms. The van der Waals surface area contributed by atoms with Crippen molar-refractivity contribution in [3.05, 3.63) is 90.5 Å². The summed E-state index contributed by atoms with van der Waals surface area (Å²) in [4.78, 5) is 18.4. The van der Waals surface area contributed by atoms with E-state index in [0.29, 0.717) is 32.9 Å². The molecule has 0 saturated heterocycles. The largest absolute Gasteiger partial charge is 0.464 e. The van der Waals surface area contributed by atoms with Crippen LogP contribution in [0.2, 0.25) is 10.0 Å². The molecule has 0 atom stereocenters. The standard InChI is InChI=1S/C22H15BrCl2N2O2S/c1-12-20(9-13-2-4-17(23)18(25)8-13)30-22(26-12)27-21(28)14-6-7-29-19-5-3-16(24)11-15(19)10-14/h2-8,10-11H,9H2,1H3,(H,26,27,28). The number of aryl methyl sites for hydroxylation is 1. The molecule has 1 aliphatic rings. The molecule has 2 heterocycles. The first-order chi connectivity index (χ1) is 14.4. The van der Waals surface area contributed by atoms with Gasteiger partial charge in [0, 0.05) is 31.9 Å². The van der Waals surface area contributed by atoms with Gasteiger partial charge < -0.3 is 4.74 Å². The Labute approximate surface area is 196 Å². The number of hydrogen-bond acceptors (Lipinski definition) is 4. The third-order valence-electron chi connectivity index (χ3n) is 4.45. The summed E-state index contributed by atoms with van der Waals surface area (Å²) in [6, 6.07) is 11.1. The van der Waals surface area contributed by atoms with E-state index in [1.54, 1.807) is 30.4 Å². The van der Waals surface area contributed by atoms with Crippen LogP contribution in [0.3, 0.4) is 0 Å². The van der Waals surface area contributed by atoms with E-state index in [1.165, 1.54) is 17.6 Å². The summed E-state index contributed by atoms with van der Waals surface area (Å²) in [7, 11) is 0. The summed E-state index contributed by atoms with van der Waals surface area (Å²) in [5, 5.41) is 4.66. The highest BCUT2D eigenvalue weighted by atomic mass is 79.9. The average molecular weight is 522 g/mol. The van der Waals surface area contributed by atoms with E-state index in [1.807, 2.05) is 25.1 Å². The zero-order chi connectivity index (χ0) is 21.3. The number of anilines is 1. The lowest BCUT2D eigenvalue weighted by atomic mass is 10.1. The number of benzene rings is 2. The van der Waals surface area contributed by atoms with Crippen molar-refractivity contribution in [2.24, 2.45) is 0 Å². The van der Waals surface area contributed by atoms with Crippen LogP contribution in [0.5, 0.6) is 5.75 Å². The van der Waals surface area contributed by atoms with Crippen LogP contribution in [0.15, 0.2) is 58.8 Å². The fourth-order valence-electron chi connectivity index (χ4n) is 2.93. The normalized spacial score (nSPS) is 12.6. The zero-order valence-electron chi connectivity index (χ0n) is 15.7. The molecule has 0 aliphatic carbocycles. The van der Waals surface area contributed by atoms with Crippen molar-refractivity contribution in [2.75, 3.05) is 5.32 Å². The highest BCUT2D eigenvalue weighted by Gasteiger charge is 2.16. The number of fused-ring (bicyclic) bond motifs is 1. The maximum absolute atomic E-state index is 12.8. The van der Waals surface area contributed by atoms with Crippen molar-refractivity contribution in [3.63, 3.8) is 0 Å². The Balaban J connectivity index is 1.52. The molecule has 8 heteroatoms. The van der Waals surface area contributed by atoms with Crippen LogP contribution in [0, 0.1) is 6.92 Å². The monoisotopic (exact) mass is 520 g/mol. The SMILES string of the molecule is Cc1nc(NC(=O)C2=Cc3cc(Cl)ccc3OC=C2)sc1Cc1ccc(Br)c(Cl)c1. The molecule has 1 aromatic heterocycles. The Morgan fingerprint density at radius 3 is 2.87 bits per heavy atom. The van der Waals surface area contributed by atoms with Crippen LogP contribution in [0.4, 0.5) is 5.13 Å². The zero-order valence-corrected chi connectivity index (χ0v) is 19.6. The maximum Gasteiger partial charge on any atom is 0.257 e. The number of nitrogens with zero attached hydrogens (tertiary/aromatic N) is 1. The molecule has 0 saturated carbocycles. The smallest absolute Gasteiger partial charge is 0.257 e. The van der Waals surface area contributed by atoms with Crippen LogP contribution in [-0.4, -0.2) is 10.9 Å². The second kappa shape index (κ2) is 8.94. The van der Waals surface area contributed by atoms with Gasteiger partial charge in [-0.3, -0.25) is 10.1 Å². The Morgan fingerprint density at radius 1 is 1.23 bits per heavy atom. The predicted molar refractivity (Wildman–Crippen MR) is 127 cm³/mol. The minimum atomic E-state index is -0.269. The Kier molecular flexibility index (Phi) is 6.29. The van der Waals surface area contributed by atoms with Gasteiger partial charge in [-0.15, -0.1) is 11.3 Å². The number of ether oxygens (including phenoxy) is 1. The van der Waals surface area contributed by atoms with Crippen molar-refractivity contribution in [3.8, 4) is 5.75 Å². The van der Waals surface area contributed by atoms with Gasteiger partial charge in [0.25, 0.3) is 5.91 Å². The van der Waals surface area contributed by atoms with Gasteiger partial charge in [0.2, 0.25) is 0 Å². The first kappa shape index (κ1) is 21.1. The van der Waals surface area contributed by atoms with E-state index in [0.717, 1.165) is 26.2 Å². The Bertz CT molecular complexity index is 1200. The number of hydrogen-bond donors (Lipinski definition) is 1. The van der Waals surface area contributed by atoms with Crippen LogP contribution < -0.4 is 10.1 Å². The third kappa shape index (κ3) is 4.78. The van der Waals surface area contributed by atoms with Crippen LogP contribution in [-0.2, 0) is 11.2 Å². The summed E-state index contributed by atoms with van der Waals surface area (Å²) in [5.41, 5.74) is 3.14. The Morgan fingerprint density at radius 2 is 2.07 bits per heavy atom. The molecule has 1 amide bonds. The number of nitrogens with one attached hydrogen (secondary N) is 1. The van der Waals surface area contributed by atoms with E-state index in [4.69, 9.17) is 27.9 Å². The van der Waals surface area contributed by atoms with E-state index in [-0.39, 0.29) is 5.91 Å². The van der Waals surface area contributed by atoms with Crippen molar-refractivity contribution in [1.82, 2.24) is 4.98 Å². The van der Waals surface area contributed by atoms with Gasteiger partial charge >= 0.3 is 0 Å². The number of amides is 1. The average Bonchev–Trinajstić information content (AvgIpc) is 2.91. The van der Waals surface area contributed by atoms with Gasteiger partial charge in [-0.05, 0) is 70.9 Å². The van der Waals surface area contributed by atoms with Gasteiger partial charge in [-0.25, -0.2) is 4.98 Å². The molecule has 1 N–H and O–H groups in total. The lowest BCUT2D eigenvalue weighted by molar-refractivity contribution is -0.112. The summed E-state index contributed by atoms with van der Waals surface area (Å²) in [6.07, 6.45) is 5.54. The van der Waals surface area contributed by atoms with Crippen LogP contribution in [0.25, 0.3) is 6.08 Å². The first-order valence-corrected chi connectivity index (χ1v) is 11.3. The first-order valence-electron chi connectivity index (χ1n) is 8.95. The molecule has 0 fully saturated rings. The molecule has 2 aromatic carbocycles. The third-order valence-corrected chi connectivity index (χ3v) is 6.99. The van der Waals surface area contributed by atoms with Crippen molar-refractivity contribution >= 4 is 67.6 Å². The predicted octanol–water partition coefficient (Wildman–Crippen LogP) is 7.04. The van der Waals surface area contributed by atoms with Crippen LogP contribution in [0.1, 0.15) is 21.7 Å². The van der Waals surface area contributed by atoms with E-state index in [2.05, 4.69) is 26.2 Å². The minimum absolute atomic E-state index is 0.269. The fourth-order valence-corrected chi connectivity index (χ4v) is 4.55. The van der Waals surface area contributed by atoms with Crippen molar-refractivity contribution < 1.29 is 9.53 Å². The molecule has 4 nitrogen and oxygen atoms in total. The quantitative estimate of drug-likeness (QED) is 0.400. The van der Waals surface area contributed by atoms with Gasteiger partial charge in [0.05, 0.1) is 17.0 Å². The molecule has 0 spiro atoms. The summed E-state index contributed by atoms with van der Waals surface area (Å²) in [5.74, 6) is 0.369. The van der Waals surface area contributed by atoms with Crippen LogP contribution >= 0.6 is 50.5 Å². The van der Waals surface area contributed by atoms with Gasteiger partial charge in [0.1, 0.15) is 5.75 Å². The summed E-state index contributed by atoms with van der Waals surface area (Å²) >= 11 is 17.1.